The molecule has 0 unspecified atom stereocenters. The summed E-state index contributed by atoms with van der Waals surface area (Å²) in [6.07, 6.45) is 4.19. The van der Waals surface area contributed by atoms with Crippen LogP contribution in [0.2, 0.25) is 0 Å². The molecule has 128 valence electrons. The van der Waals surface area contributed by atoms with Gasteiger partial charge in [0.05, 0.1) is 13.7 Å². The topological polar surface area (TPSA) is 75.7 Å². The van der Waals surface area contributed by atoms with E-state index in [1.54, 1.807) is 24.0 Å². The van der Waals surface area contributed by atoms with Crippen LogP contribution >= 0.6 is 0 Å². The van der Waals surface area contributed by atoms with Gasteiger partial charge >= 0.3 is 0 Å². The van der Waals surface area contributed by atoms with Crippen LogP contribution in [0.5, 0.6) is 5.75 Å². The normalized spacial score (nSPS) is 16.0. The van der Waals surface area contributed by atoms with Gasteiger partial charge in [-0.25, -0.2) is 13.1 Å². The highest BCUT2D eigenvalue weighted by atomic mass is 32.2. The van der Waals surface area contributed by atoms with E-state index in [-0.39, 0.29) is 23.1 Å². The monoisotopic (exact) mass is 340 g/mol. The summed E-state index contributed by atoms with van der Waals surface area (Å²) >= 11 is 0. The van der Waals surface area contributed by atoms with Gasteiger partial charge in [0.1, 0.15) is 10.6 Å². The first-order valence-electron chi connectivity index (χ1n) is 7.86. The fourth-order valence-electron chi connectivity index (χ4n) is 2.66. The van der Waals surface area contributed by atoms with E-state index in [2.05, 4.69) is 4.72 Å². The van der Waals surface area contributed by atoms with Crippen molar-refractivity contribution in [1.29, 1.82) is 0 Å². The van der Waals surface area contributed by atoms with Crippen molar-refractivity contribution in [2.45, 2.75) is 37.5 Å². The number of hydrogen-bond donors (Lipinski definition) is 1. The summed E-state index contributed by atoms with van der Waals surface area (Å²) in [4.78, 5) is 14.0. The molecule has 1 aromatic carbocycles. The van der Waals surface area contributed by atoms with Crippen molar-refractivity contribution >= 4 is 15.9 Å². The maximum Gasteiger partial charge on any atom is 0.244 e. The van der Waals surface area contributed by atoms with Crippen LogP contribution in [-0.4, -0.2) is 46.0 Å². The molecular formula is C16H24N2O4S. The minimum atomic E-state index is -3.79. The van der Waals surface area contributed by atoms with Gasteiger partial charge in [0.2, 0.25) is 15.9 Å². The van der Waals surface area contributed by atoms with E-state index in [4.69, 9.17) is 4.74 Å². The van der Waals surface area contributed by atoms with E-state index in [0.29, 0.717) is 13.1 Å². The van der Waals surface area contributed by atoms with Crippen molar-refractivity contribution in [2.24, 2.45) is 0 Å². The molecule has 1 aromatic rings. The predicted molar refractivity (Wildman–Crippen MR) is 88.0 cm³/mol. The summed E-state index contributed by atoms with van der Waals surface area (Å²) in [5.41, 5.74) is 0.810. The minimum absolute atomic E-state index is 0.0590. The number of carbonyl (C=O) groups excluding carboxylic acids is 1. The molecule has 1 amide bonds. The van der Waals surface area contributed by atoms with Crippen LogP contribution in [0.25, 0.3) is 0 Å². The average Bonchev–Trinajstić information content (AvgIpc) is 2.82. The number of carbonyl (C=O) groups is 1. The third-order valence-corrected chi connectivity index (χ3v) is 5.40. The minimum Gasteiger partial charge on any atom is -0.495 e. The van der Waals surface area contributed by atoms with Gasteiger partial charge in [-0.05, 0) is 37.5 Å². The van der Waals surface area contributed by atoms with Crippen molar-refractivity contribution < 1.29 is 17.9 Å². The molecule has 1 fully saturated rings. The second kappa shape index (κ2) is 7.79. The van der Waals surface area contributed by atoms with Gasteiger partial charge < -0.3 is 9.64 Å². The third-order valence-electron chi connectivity index (χ3n) is 3.98. The zero-order chi connectivity index (χ0) is 16.9. The molecular weight excluding hydrogens is 316 g/mol. The predicted octanol–water partition coefficient (Wildman–Crippen LogP) is 1.68. The molecule has 6 nitrogen and oxygen atoms in total. The van der Waals surface area contributed by atoms with Crippen LogP contribution < -0.4 is 9.46 Å². The second-order valence-corrected chi connectivity index (χ2v) is 7.51. The molecule has 0 aromatic heterocycles. The van der Waals surface area contributed by atoms with E-state index in [0.717, 1.165) is 31.2 Å². The molecule has 1 heterocycles. The Balaban J connectivity index is 2.06. The van der Waals surface area contributed by atoms with Gasteiger partial charge in [-0.15, -0.1) is 0 Å². The Morgan fingerprint density at radius 1 is 1.22 bits per heavy atom. The van der Waals surface area contributed by atoms with Crippen LogP contribution in [0.4, 0.5) is 0 Å². The Labute approximate surface area is 137 Å². The lowest BCUT2D eigenvalue weighted by Gasteiger charge is -2.20. The maximum atomic E-state index is 12.5. The van der Waals surface area contributed by atoms with Crippen LogP contribution in [-0.2, 0) is 14.8 Å². The lowest BCUT2D eigenvalue weighted by atomic mass is 10.2. The number of hydrogen-bond acceptors (Lipinski definition) is 4. The Hall–Kier alpha value is -1.60. The summed E-state index contributed by atoms with van der Waals surface area (Å²) in [5.74, 6) is 0.0902. The summed E-state index contributed by atoms with van der Waals surface area (Å²) in [7, 11) is -2.37. The number of sulfonamides is 1. The molecule has 0 aliphatic carbocycles. The number of benzene rings is 1. The molecule has 1 saturated heterocycles. The molecule has 2 rings (SSSR count). The number of ether oxygens (including phenoxy) is 1. The zero-order valence-electron chi connectivity index (χ0n) is 13.7. The summed E-state index contributed by atoms with van der Waals surface area (Å²) in [6, 6.07) is 4.93. The van der Waals surface area contributed by atoms with E-state index < -0.39 is 10.0 Å². The summed E-state index contributed by atoms with van der Waals surface area (Å²) in [5, 5.41) is 0. The van der Waals surface area contributed by atoms with Gasteiger partial charge in [0, 0.05) is 13.1 Å². The SMILES string of the molecule is COc1ccc(C)cc1S(=O)(=O)NCC(=O)N1CCCCCC1. The van der Waals surface area contributed by atoms with E-state index in [1.165, 1.54) is 13.2 Å². The molecule has 0 atom stereocenters. The van der Waals surface area contributed by atoms with Gasteiger partial charge in [-0.2, -0.15) is 0 Å². The molecule has 0 spiro atoms. The number of methoxy groups -OCH3 is 1. The van der Waals surface area contributed by atoms with Crippen molar-refractivity contribution in [3.63, 3.8) is 0 Å². The first-order chi connectivity index (χ1) is 10.9. The number of likely N-dealkylation sites (tertiary alicyclic amines) is 1. The highest BCUT2D eigenvalue weighted by Crippen LogP contribution is 2.24. The largest absolute Gasteiger partial charge is 0.495 e. The molecule has 1 N–H and O–H groups in total. The Kier molecular flexibility index (Phi) is 6.01. The molecule has 1 aliphatic rings. The van der Waals surface area contributed by atoms with Crippen LogP contribution in [0.3, 0.4) is 0 Å². The average molecular weight is 340 g/mol. The Morgan fingerprint density at radius 2 is 1.87 bits per heavy atom. The van der Waals surface area contributed by atoms with Crippen molar-refractivity contribution in [2.75, 3.05) is 26.7 Å². The quantitative estimate of drug-likeness (QED) is 0.885. The third kappa shape index (κ3) is 4.68. The zero-order valence-corrected chi connectivity index (χ0v) is 14.5. The molecule has 0 bridgehead atoms. The smallest absolute Gasteiger partial charge is 0.244 e. The van der Waals surface area contributed by atoms with Crippen LogP contribution in [0.1, 0.15) is 31.2 Å². The fraction of sp³-hybridized carbons (Fsp3) is 0.562. The first kappa shape index (κ1) is 17.7. The lowest BCUT2D eigenvalue weighted by Crippen LogP contribution is -2.40. The van der Waals surface area contributed by atoms with Gasteiger partial charge in [0.15, 0.2) is 0 Å². The molecule has 0 saturated carbocycles. The fourth-order valence-corrected chi connectivity index (χ4v) is 3.89. The van der Waals surface area contributed by atoms with Crippen molar-refractivity contribution in [3.05, 3.63) is 23.8 Å². The van der Waals surface area contributed by atoms with Crippen molar-refractivity contribution in [3.8, 4) is 5.75 Å². The summed E-state index contributed by atoms with van der Waals surface area (Å²) in [6.45, 7) is 2.99. The number of nitrogens with zero attached hydrogens (tertiary/aromatic N) is 1. The lowest BCUT2D eigenvalue weighted by molar-refractivity contribution is -0.129. The highest BCUT2D eigenvalue weighted by Gasteiger charge is 2.22. The Bertz CT molecular complexity index is 650. The van der Waals surface area contributed by atoms with Crippen LogP contribution in [0, 0.1) is 6.92 Å². The number of aryl methyl sites for hydroxylation is 1. The Morgan fingerprint density at radius 3 is 2.48 bits per heavy atom. The van der Waals surface area contributed by atoms with Gasteiger partial charge in [-0.3, -0.25) is 4.79 Å². The molecule has 0 radical (unpaired) electrons. The molecule has 23 heavy (non-hydrogen) atoms. The summed E-state index contributed by atoms with van der Waals surface area (Å²) < 4.78 is 32.4. The number of nitrogens with one attached hydrogen (secondary N) is 1. The van der Waals surface area contributed by atoms with Gasteiger partial charge in [-0.1, -0.05) is 18.9 Å². The highest BCUT2D eigenvalue weighted by molar-refractivity contribution is 7.89. The first-order valence-corrected chi connectivity index (χ1v) is 9.34. The van der Waals surface area contributed by atoms with E-state index in [9.17, 15) is 13.2 Å². The van der Waals surface area contributed by atoms with Crippen molar-refractivity contribution in [1.82, 2.24) is 9.62 Å². The number of amides is 1. The molecule has 7 heteroatoms. The maximum absolute atomic E-state index is 12.5. The van der Waals surface area contributed by atoms with Crippen LogP contribution in [0.15, 0.2) is 23.1 Å². The van der Waals surface area contributed by atoms with E-state index in [1.807, 2.05) is 0 Å². The number of rotatable bonds is 5. The second-order valence-electron chi connectivity index (χ2n) is 5.77. The van der Waals surface area contributed by atoms with E-state index >= 15 is 0 Å². The molecule has 1 aliphatic heterocycles. The standard InChI is InChI=1S/C16H24N2O4S/c1-13-7-8-14(22-2)15(11-13)23(20,21)17-12-16(19)18-9-5-3-4-6-10-18/h7-8,11,17H,3-6,9-10,12H2,1-2H3. The van der Waals surface area contributed by atoms with Gasteiger partial charge in [0.25, 0.3) is 0 Å².